The molecule has 0 radical (unpaired) electrons. The quantitative estimate of drug-likeness (QED) is 0.695. The normalized spacial score (nSPS) is 10.6. The molecule has 0 aromatic heterocycles. The van der Waals surface area contributed by atoms with E-state index in [1.807, 2.05) is 30.3 Å². The number of nitrogens with one attached hydrogen (secondary N) is 1. The first kappa shape index (κ1) is 21.7. The summed E-state index contributed by atoms with van der Waals surface area (Å²) in [5.41, 5.74) is 5.89. The standard InChI is InChI=1S/C18H20F2N2O3.ClH/c19-18(20,12-21)13-22-17(23)11-25-16-9-5-4-8-15(16)24-10-14-6-2-1-3-7-14;/h1-9H,10-13,21H2,(H,22,23);1H. The molecule has 2 aromatic carbocycles. The summed E-state index contributed by atoms with van der Waals surface area (Å²) in [5.74, 6) is -2.97. The van der Waals surface area contributed by atoms with E-state index in [1.54, 1.807) is 24.3 Å². The smallest absolute Gasteiger partial charge is 0.277 e. The number of carbonyl (C=O) groups is 1. The lowest BCUT2D eigenvalue weighted by atomic mass is 10.2. The predicted octanol–water partition coefficient (Wildman–Crippen LogP) is 2.78. The van der Waals surface area contributed by atoms with Gasteiger partial charge in [-0.25, -0.2) is 8.78 Å². The third kappa shape index (κ3) is 7.25. The number of alkyl halides is 2. The van der Waals surface area contributed by atoms with Crippen molar-refractivity contribution in [3.63, 3.8) is 0 Å². The van der Waals surface area contributed by atoms with Crippen molar-refractivity contribution in [2.45, 2.75) is 12.5 Å². The third-order valence-electron chi connectivity index (χ3n) is 3.29. The summed E-state index contributed by atoms with van der Waals surface area (Å²) in [5, 5.41) is 2.09. The fourth-order valence-electron chi connectivity index (χ4n) is 1.92. The first-order valence-corrected chi connectivity index (χ1v) is 7.73. The van der Waals surface area contributed by atoms with Crippen LogP contribution in [0.5, 0.6) is 11.5 Å². The second-order valence-corrected chi connectivity index (χ2v) is 5.35. The van der Waals surface area contributed by atoms with E-state index in [4.69, 9.17) is 15.2 Å². The minimum atomic E-state index is -3.13. The second-order valence-electron chi connectivity index (χ2n) is 5.35. The molecule has 0 aliphatic rings. The summed E-state index contributed by atoms with van der Waals surface area (Å²) in [7, 11) is 0. The molecule has 0 heterocycles. The van der Waals surface area contributed by atoms with Crippen molar-refractivity contribution in [3.05, 3.63) is 60.2 Å². The van der Waals surface area contributed by atoms with Crippen molar-refractivity contribution in [1.29, 1.82) is 0 Å². The Morgan fingerprint density at radius 2 is 1.58 bits per heavy atom. The highest BCUT2D eigenvalue weighted by atomic mass is 35.5. The predicted molar refractivity (Wildman–Crippen MR) is 97.0 cm³/mol. The number of hydrogen-bond donors (Lipinski definition) is 2. The minimum absolute atomic E-state index is 0. The average molecular weight is 387 g/mol. The summed E-state index contributed by atoms with van der Waals surface area (Å²) in [6.07, 6.45) is 0. The summed E-state index contributed by atoms with van der Waals surface area (Å²) < 4.78 is 37.1. The van der Waals surface area contributed by atoms with E-state index in [9.17, 15) is 13.6 Å². The highest BCUT2D eigenvalue weighted by molar-refractivity contribution is 5.85. The molecular weight excluding hydrogens is 366 g/mol. The molecule has 0 fully saturated rings. The first-order chi connectivity index (χ1) is 12.0. The molecular formula is C18H21ClF2N2O3. The van der Waals surface area contributed by atoms with Gasteiger partial charge in [-0.1, -0.05) is 42.5 Å². The van der Waals surface area contributed by atoms with Gasteiger partial charge in [-0.2, -0.15) is 0 Å². The molecule has 2 rings (SSSR count). The van der Waals surface area contributed by atoms with E-state index >= 15 is 0 Å². The van der Waals surface area contributed by atoms with Crippen molar-refractivity contribution in [2.75, 3.05) is 19.7 Å². The Kier molecular flexibility index (Phi) is 8.81. The molecule has 8 heteroatoms. The monoisotopic (exact) mass is 386 g/mol. The van der Waals surface area contributed by atoms with Crippen LogP contribution in [-0.4, -0.2) is 31.5 Å². The molecule has 0 saturated heterocycles. The lowest BCUT2D eigenvalue weighted by molar-refractivity contribution is -0.124. The fourth-order valence-corrected chi connectivity index (χ4v) is 1.92. The van der Waals surface area contributed by atoms with E-state index in [0.29, 0.717) is 18.1 Å². The number of para-hydroxylation sites is 2. The zero-order chi connectivity index (χ0) is 18.1. The molecule has 5 nitrogen and oxygen atoms in total. The van der Waals surface area contributed by atoms with Gasteiger partial charge in [-0.05, 0) is 17.7 Å². The van der Waals surface area contributed by atoms with E-state index in [2.05, 4.69) is 5.32 Å². The SMILES string of the molecule is Cl.NCC(F)(F)CNC(=O)COc1ccccc1OCc1ccccc1. The fraction of sp³-hybridized carbons (Fsp3) is 0.278. The van der Waals surface area contributed by atoms with Crippen LogP contribution in [0.25, 0.3) is 0 Å². The van der Waals surface area contributed by atoms with E-state index in [-0.39, 0.29) is 12.4 Å². The number of carbonyl (C=O) groups excluding carboxylic acids is 1. The Hall–Kier alpha value is -2.38. The van der Waals surface area contributed by atoms with E-state index in [0.717, 1.165) is 5.56 Å². The van der Waals surface area contributed by atoms with Crippen LogP contribution in [-0.2, 0) is 11.4 Å². The van der Waals surface area contributed by atoms with Crippen LogP contribution < -0.4 is 20.5 Å². The van der Waals surface area contributed by atoms with Crippen LogP contribution in [0.15, 0.2) is 54.6 Å². The van der Waals surface area contributed by atoms with Gasteiger partial charge >= 0.3 is 0 Å². The molecule has 1 amide bonds. The number of benzene rings is 2. The highest BCUT2D eigenvalue weighted by Crippen LogP contribution is 2.27. The maximum Gasteiger partial charge on any atom is 0.277 e. The number of amides is 1. The molecule has 2 aromatic rings. The van der Waals surface area contributed by atoms with Crippen molar-refractivity contribution < 1.29 is 23.0 Å². The van der Waals surface area contributed by atoms with Gasteiger partial charge in [0.25, 0.3) is 11.8 Å². The maximum atomic E-state index is 13.0. The van der Waals surface area contributed by atoms with Gasteiger partial charge in [0.2, 0.25) is 0 Å². The van der Waals surface area contributed by atoms with Gasteiger partial charge in [0.05, 0.1) is 13.1 Å². The number of halogens is 3. The van der Waals surface area contributed by atoms with Crippen LogP contribution in [0.3, 0.4) is 0 Å². The Bertz CT molecular complexity index is 687. The maximum absolute atomic E-state index is 13.0. The summed E-state index contributed by atoms with van der Waals surface area (Å²) >= 11 is 0. The zero-order valence-corrected chi connectivity index (χ0v) is 14.8. The number of ether oxygens (including phenoxy) is 2. The largest absolute Gasteiger partial charge is 0.485 e. The molecule has 0 atom stereocenters. The zero-order valence-electron chi connectivity index (χ0n) is 14.0. The molecule has 0 unspecified atom stereocenters. The van der Waals surface area contributed by atoms with E-state index < -0.39 is 31.5 Å². The lowest BCUT2D eigenvalue weighted by Gasteiger charge is -2.15. The Balaban J connectivity index is 0.00000338. The molecule has 26 heavy (non-hydrogen) atoms. The summed E-state index contributed by atoms with van der Waals surface area (Å²) in [6, 6.07) is 16.4. The molecule has 0 saturated carbocycles. The van der Waals surface area contributed by atoms with Gasteiger partial charge in [0.1, 0.15) is 6.61 Å². The molecule has 0 bridgehead atoms. The Labute approximate surface area is 156 Å². The van der Waals surface area contributed by atoms with Gasteiger partial charge in [0, 0.05) is 0 Å². The highest BCUT2D eigenvalue weighted by Gasteiger charge is 2.27. The Morgan fingerprint density at radius 1 is 1.00 bits per heavy atom. The summed E-state index contributed by atoms with van der Waals surface area (Å²) in [6.45, 7) is -1.70. The molecule has 3 N–H and O–H groups in total. The van der Waals surface area contributed by atoms with Crippen molar-refractivity contribution in [3.8, 4) is 11.5 Å². The van der Waals surface area contributed by atoms with Crippen LogP contribution >= 0.6 is 12.4 Å². The third-order valence-corrected chi connectivity index (χ3v) is 3.29. The molecule has 0 aliphatic carbocycles. The van der Waals surface area contributed by atoms with Crippen molar-refractivity contribution >= 4 is 18.3 Å². The van der Waals surface area contributed by atoms with E-state index in [1.165, 1.54) is 0 Å². The van der Waals surface area contributed by atoms with Crippen molar-refractivity contribution in [2.24, 2.45) is 5.73 Å². The summed E-state index contributed by atoms with van der Waals surface area (Å²) in [4.78, 5) is 11.6. The number of nitrogens with two attached hydrogens (primary N) is 1. The van der Waals surface area contributed by atoms with Gasteiger partial charge in [-0.3, -0.25) is 4.79 Å². The Morgan fingerprint density at radius 3 is 2.19 bits per heavy atom. The molecule has 142 valence electrons. The topological polar surface area (TPSA) is 73.6 Å². The molecule has 0 spiro atoms. The number of rotatable bonds is 9. The second kappa shape index (κ2) is 10.6. The van der Waals surface area contributed by atoms with Gasteiger partial charge < -0.3 is 20.5 Å². The van der Waals surface area contributed by atoms with Crippen molar-refractivity contribution in [1.82, 2.24) is 5.32 Å². The van der Waals surface area contributed by atoms with Crippen LogP contribution in [0.4, 0.5) is 8.78 Å². The van der Waals surface area contributed by atoms with Crippen LogP contribution in [0.1, 0.15) is 5.56 Å². The minimum Gasteiger partial charge on any atom is -0.485 e. The first-order valence-electron chi connectivity index (χ1n) is 7.73. The van der Waals surface area contributed by atoms with Gasteiger partial charge in [0.15, 0.2) is 18.1 Å². The van der Waals surface area contributed by atoms with Crippen LogP contribution in [0.2, 0.25) is 0 Å². The molecule has 0 aliphatic heterocycles. The number of hydrogen-bond acceptors (Lipinski definition) is 4. The lowest BCUT2D eigenvalue weighted by Crippen LogP contribution is -2.43. The van der Waals surface area contributed by atoms with Crippen LogP contribution in [0, 0.1) is 0 Å². The van der Waals surface area contributed by atoms with Gasteiger partial charge in [-0.15, -0.1) is 12.4 Å². The average Bonchev–Trinajstić information content (AvgIpc) is 2.64.